The number of carboxylic acid groups (broad SMARTS) is 1. The van der Waals surface area contributed by atoms with E-state index in [0.29, 0.717) is 0 Å². The number of nitrogens with two attached hydrogens (primary N) is 1. The molecule has 0 bridgehead atoms. The van der Waals surface area contributed by atoms with Crippen LogP contribution in [0.2, 0.25) is 0 Å². The smallest absolute Gasteiger partial charge is 0.322 e. The molecule has 0 aliphatic heterocycles. The second-order valence-corrected chi connectivity index (χ2v) is 5.03. The molecule has 2 aromatic rings. The first-order valence-electron chi connectivity index (χ1n) is 6.58. The van der Waals surface area contributed by atoms with Gasteiger partial charge in [-0.05, 0) is 40.8 Å². The monoisotopic (exact) mass is 268 g/mol. The van der Waals surface area contributed by atoms with E-state index in [2.05, 4.69) is 35.6 Å². The Balaban J connectivity index is 1.79. The Morgan fingerprint density at radius 3 is 2.75 bits per heavy atom. The lowest BCUT2D eigenvalue weighted by Crippen LogP contribution is -2.36. The number of carboxylic acids is 1. The second-order valence-electron chi connectivity index (χ2n) is 5.03. The maximum Gasteiger partial charge on any atom is 0.322 e. The molecule has 3 rings (SSSR count). The summed E-state index contributed by atoms with van der Waals surface area (Å²) in [7, 11) is 0. The Bertz CT molecular complexity index is 667. The quantitative estimate of drug-likeness (QED) is 0.677. The van der Waals surface area contributed by atoms with Crippen molar-refractivity contribution in [1.82, 2.24) is 0 Å². The van der Waals surface area contributed by atoms with Gasteiger partial charge >= 0.3 is 5.97 Å². The van der Waals surface area contributed by atoms with E-state index in [0.717, 1.165) is 12.1 Å². The van der Waals surface area contributed by atoms with Crippen LogP contribution in [-0.2, 0) is 11.2 Å². The predicted molar refractivity (Wildman–Crippen MR) is 78.8 cm³/mol. The average Bonchev–Trinajstić information content (AvgIpc) is 2.82. The van der Waals surface area contributed by atoms with Gasteiger partial charge in [0.15, 0.2) is 0 Å². The van der Waals surface area contributed by atoms with Gasteiger partial charge in [0.1, 0.15) is 6.04 Å². The fourth-order valence-corrected chi connectivity index (χ4v) is 2.57. The maximum atomic E-state index is 10.7. The zero-order valence-electron chi connectivity index (χ0n) is 11.0. The van der Waals surface area contributed by atoms with Crippen molar-refractivity contribution in [3.63, 3.8) is 0 Å². The number of carbonyl (C=O) groups is 1. The minimum atomic E-state index is -0.994. The molecule has 4 heteroatoms. The minimum Gasteiger partial charge on any atom is -0.480 e. The first-order chi connectivity index (χ1) is 9.65. The molecular formula is C16H16N2O2. The highest BCUT2D eigenvalue weighted by Gasteiger charge is 2.18. The van der Waals surface area contributed by atoms with Gasteiger partial charge in [-0.2, -0.15) is 0 Å². The minimum absolute atomic E-state index is 0.223. The molecule has 0 saturated carbocycles. The molecule has 0 spiro atoms. The van der Waals surface area contributed by atoms with Gasteiger partial charge < -0.3 is 16.2 Å². The van der Waals surface area contributed by atoms with Crippen molar-refractivity contribution in [2.24, 2.45) is 5.73 Å². The normalized spacial score (nSPS) is 13.4. The van der Waals surface area contributed by atoms with E-state index >= 15 is 0 Å². The standard InChI is InChI=1S/C16H16N2O2/c17-15(16(19)20)9-18-12-5-6-14-11(8-12)7-10-3-1-2-4-13(10)14/h1-6,8,15,18H,7,9,17H2,(H,19,20). The molecular weight excluding hydrogens is 252 g/mol. The highest BCUT2D eigenvalue weighted by atomic mass is 16.4. The van der Waals surface area contributed by atoms with Crippen molar-refractivity contribution in [2.45, 2.75) is 12.5 Å². The summed E-state index contributed by atoms with van der Waals surface area (Å²) in [5.74, 6) is -0.994. The molecule has 4 nitrogen and oxygen atoms in total. The van der Waals surface area contributed by atoms with E-state index in [-0.39, 0.29) is 6.54 Å². The molecule has 1 aliphatic carbocycles. The molecule has 0 radical (unpaired) electrons. The molecule has 0 fully saturated rings. The van der Waals surface area contributed by atoms with Crippen LogP contribution in [0.25, 0.3) is 11.1 Å². The predicted octanol–water partition coefficient (Wildman–Crippen LogP) is 2.08. The van der Waals surface area contributed by atoms with Gasteiger partial charge in [0.25, 0.3) is 0 Å². The van der Waals surface area contributed by atoms with E-state index in [1.165, 1.54) is 22.3 Å². The molecule has 102 valence electrons. The highest BCUT2D eigenvalue weighted by molar-refractivity contribution is 5.79. The van der Waals surface area contributed by atoms with Crippen LogP contribution in [0, 0.1) is 0 Å². The molecule has 0 saturated heterocycles. The third kappa shape index (κ3) is 2.26. The van der Waals surface area contributed by atoms with Gasteiger partial charge in [0.05, 0.1) is 0 Å². The zero-order chi connectivity index (χ0) is 14.1. The largest absolute Gasteiger partial charge is 0.480 e. The lowest BCUT2D eigenvalue weighted by atomic mass is 10.1. The number of aliphatic carboxylic acids is 1. The summed E-state index contributed by atoms with van der Waals surface area (Å²) in [5.41, 5.74) is 11.5. The van der Waals surface area contributed by atoms with E-state index < -0.39 is 12.0 Å². The summed E-state index contributed by atoms with van der Waals surface area (Å²) in [5, 5.41) is 11.8. The first-order valence-corrected chi connectivity index (χ1v) is 6.58. The Labute approximate surface area is 117 Å². The number of anilines is 1. The summed E-state index contributed by atoms with van der Waals surface area (Å²) < 4.78 is 0. The fourth-order valence-electron chi connectivity index (χ4n) is 2.57. The van der Waals surface area contributed by atoms with E-state index in [9.17, 15) is 4.79 Å². The van der Waals surface area contributed by atoms with E-state index in [1.807, 2.05) is 12.1 Å². The number of rotatable bonds is 4. The third-order valence-corrected chi connectivity index (χ3v) is 3.64. The zero-order valence-corrected chi connectivity index (χ0v) is 11.0. The lowest BCUT2D eigenvalue weighted by Gasteiger charge is -2.11. The Morgan fingerprint density at radius 2 is 1.95 bits per heavy atom. The van der Waals surface area contributed by atoms with Crippen LogP contribution in [0.1, 0.15) is 11.1 Å². The summed E-state index contributed by atoms with van der Waals surface area (Å²) in [6.45, 7) is 0.223. The van der Waals surface area contributed by atoms with Crippen LogP contribution in [0.3, 0.4) is 0 Å². The number of nitrogens with one attached hydrogen (secondary N) is 1. The Morgan fingerprint density at radius 1 is 1.20 bits per heavy atom. The summed E-state index contributed by atoms with van der Waals surface area (Å²) in [6.07, 6.45) is 0.923. The van der Waals surface area contributed by atoms with Gasteiger partial charge in [-0.15, -0.1) is 0 Å². The van der Waals surface area contributed by atoms with Crippen molar-refractivity contribution in [1.29, 1.82) is 0 Å². The van der Waals surface area contributed by atoms with Gasteiger partial charge in [0.2, 0.25) is 0 Å². The number of benzene rings is 2. The van der Waals surface area contributed by atoms with Crippen LogP contribution >= 0.6 is 0 Å². The molecule has 2 aromatic carbocycles. The molecule has 1 atom stereocenters. The number of hydrogen-bond acceptors (Lipinski definition) is 3. The topological polar surface area (TPSA) is 75.3 Å². The van der Waals surface area contributed by atoms with Gasteiger partial charge in [-0.25, -0.2) is 0 Å². The van der Waals surface area contributed by atoms with Crippen LogP contribution in [0.15, 0.2) is 42.5 Å². The average molecular weight is 268 g/mol. The van der Waals surface area contributed by atoms with Crippen LogP contribution < -0.4 is 11.1 Å². The number of fused-ring (bicyclic) bond motifs is 3. The molecule has 1 aliphatic rings. The van der Waals surface area contributed by atoms with E-state index in [1.54, 1.807) is 0 Å². The summed E-state index contributed by atoms with van der Waals surface area (Å²) in [4.78, 5) is 10.7. The molecule has 20 heavy (non-hydrogen) atoms. The lowest BCUT2D eigenvalue weighted by molar-refractivity contribution is -0.138. The molecule has 0 amide bonds. The van der Waals surface area contributed by atoms with E-state index in [4.69, 9.17) is 10.8 Å². The van der Waals surface area contributed by atoms with Crippen molar-refractivity contribution in [3.8, 4) is 11.1 Å². The van der Waals surface area contributed by atoms with Crippen molar-refractivity contribution >= 4 is 11.7 Å². The molecule has 0 heterocycles. The van der Waals surface area contributed by atoms with Gasteiger partial charge in [-0.3, -0.25) is 4.79 Å². The van der Waals surface area contributed by atoms with Crippen molar-refractivity contribution < 1.29 is 9.90 Å². The third-order valence-electron chi connectivity index (χ3n) is 3.64. The molecule has 1 unspecified atom stereocenters. The maximum absolute atomic E-state index is 10.7. The van der Waals surface area contributed by atoms with Gasteiger partial charge in [0, 0.05) is 12.2 Å². The molecule has 0 aromatic heterocycles. The molecule has 4 N–H and O–H groups in total. The van der Waals surface area contributed by atoms with Crippen molar-refractivity contribution in [3.05, 3.63) is 53.6 Å². The van der Waals surface area contributed by atoms with Crippen LogP contribution in [0.5, 0.6) is 0 Å². The fraction of sp³-hybridized carbons (Fsp3) is 0.188. The van der Waals surface area contributed by atoms with Crippen molar-refractivity contribution in [2.75, 3.05) is 11.9 Å². The SMILES string of the molecule is NC(CNc1ccc2c(c1)Cc1ccccc1-2)C(=O)O. The number of hydrogen-bond donors (Lipinski definition) is 3. The second kappa shape index (κ2) is 4.98. The van der Waals surface area contributed by atoms with Crippen LogP contribution in [-0.4, -0.2) is 23.7 Å². The summed E-state index contributed by atoms with van der Waals surface area (Å²) in [6, 6.07) is 13.6. The summed E-state index contributed by atoms with van der Waals surface area (Å²) >= 11 is 0. The Hall–Kier alpha value is -2.33. The highest BCUT2D eigenvalue weighted by Crippen LogP contribution is 2.37. The van der Waals surface area contributed by atoms with Gasteiger partial charge in [-0.1, -0.05) is 30.3 Å². The first kappa shape index (κ1) is 12.7. The Kier molecular flexibility index (Phi) is 3.16. The van der Waals surface area contributed by atoms with Crippen LogP contribution in [0.4, 0.5) is 5.69 Å².